The molecule has 0 bridgehead atoms. The lowest BCUT2D eigenvalue weighted by Gasteiger charge is -2.04. The van der Waals surface area contributed by atoms with Crippen molar-refractivity contribution >= 4 is 34.0 Å². The van der Waals surface area contributed by atoms with Gasteiger partial charge < -0.3 is 0 Å². The zero-order valence-corrected chi connectivity index (χ0v) is 13.3. The van der Waals surface area contributed by atoms with E-state index in [1.807, 2.05) is 36.0 Å². The number of halogens is 1. The molecule has 0 aliphatic rings. The van der Waals surface area contributed by atoms with Crippen molar-refractivity contribution in [3.63, 3.8) is 0 Å². The summed E-state index contributed by atoms with van der Waals surface area (Å²) in [4.78, 5) is 11.8. The van der Waals surface area contributed by atoms with Gasteiger partial charge in [-0.25, -0.2) is 0 Å². The third-order valence-corrected chi connectivity index (χ3v) is 4.79. The highest BCUT2D eigenvalue weighted by molar-refractivity contribution is 9.10. The van der Waals surface area contributed by atoms with Crippen LogP contribution in [-0.2, 0) is 19.2 Å². The molecule has 100 valence electrons. The Morgan fingerprint density at radius 3 is 2.89 bits per heavy atom. The number of rotatable bonds is 5. The van der Waals surface area contributed by atoms with Gasteiger partial charge in [-0.05, 0) is 34.5 Å². The zero-order chi connectivity index (χ0) is 13.8. The van der Waals surface area contributed by atoms with Crippen molar-refractivity contribution in [2.45, 2.75) is 24.0 Å². The number of carbonyl (C=O) groups is 1. The first-order valence-electron chi connectivity index (χ1n) is 6.04. The van der Waals surface area contributed by atoms with E-state index < -0.39 is 0 Å². The SMILES string of the molecule is CCc1nn(C)c(CSc2cccc(C=O)c2)c1Br. The van der Waals surface area contributed by atoms with Crippen molar-refractivity contribution in [2.75, 3.05) is 0 Å². The number of aryl methyl sites for hydroxylation is 2. The van der Waals surface area contributed by atoms with Gasteiger partial charge in [0.2, 0.25) is 0 Å². The molecule has 0 fully saturated rings. The fourth-order valence-electron chi connectivity index (χ4n) is 1.81. The van der Waals surface area contributed by atoms with Gasteiger partial charge in [0.1, 0.15) is 6.29 Å². The predicted octanol–water partition coefficient (Wildman–Crippen LogP) is 3.85. The number of carbonyl (C=O) groups excluding carboxylic acids is 1. The molecule has 0 radical (unpaired) electrons. The smallest absolute Gasteiger partial charge is 0.150 e. The molecule has 0 aliphatic carbocycles. The molecule has 1 aromatic carbocycles. The summed E-state index contributed by atoms with van der Waals surface area (Å²) in [6.07, 6.45) is 1.79. The molecule has 0 amide bonds. The standard InChI is InChI=1S/C14H15BrN2OS/c1-3-12-14(15)13(17(2)16-12)9-19-11-6-4-5-10(7-11)8-18/h4-8H,3,9H2,1-2H3. The third kappa shape index (κ3) is 3.28. The molecule has 1 heterocycles. The lowest BCUT2D eigenvalue weighted by Crippen LogP contribution is -1.97. The zero-order valence-electron chi connectivity index (χ0n) is 10.9. The summed E-state index contributed by atoms with van der Waals surface area (Å²) >= 11 is 5.32. The van der Waals surface area contributed by atoms with Gasteiger partial charge >= 0.3 is 0 Å². The van der Waals surface area contributed by atoms with Crippen LogP contribution < -0.4 is 0 Å². The molecule has 0 saturated heterocycles. The van der Waals surface area contributed by atoms with E-state index in [0.717, 1.165) is 33.5 Å². The quantitative estimate of drug-likeness (QED) is 0.613. The van der Waals surface area contributed by atoms with Crippen LogP contribution in [0.4, 0.5) is 0 Å². The van der Waals surface area contributed by atoms with E-state index in [-0.39, 0.29) is 0 Å². The molecule has 0 atom stereocenters. The molecule has 2 rings (SSSR count). The minimum Gasteiger partial charge on any atom is -0.298 e. The summed E-state index contributed by atoms with van der Waals surface area (Å²) in [6.45, 7) is 2.09. The van der Waals surface area contributed by atoms with E-state index in [1.165, 1.54) is 5.69 Å². The number of benzene rings is 1. The van der Waals surface area contributed by atoms with Gasteiger partial charge in [-0.15, -0.1) is 11.8 Å². The summed E-state index contributed by atoms with van der Waals surface area (Å²) in [6, 6.07) is 7.64. The number of thioether (sulfide) groups is 1. The molecule has 0 spiro atoms. The molecule has 2 aromatic rings. The fourth-order valence-corrected chi connectivity index (χ4v) is 3.78. The second-order valence-electron chi connectivity index (χ2n) is 4.16. The van der Waals surface area contributed by atoms with E-state index >= 15 is 0 Å². The molecule has 1 aromatic heterocycles. The van der Waals surface area contributed by atoms with E-state index in [0.29, 0.717) is 5.56 Å². The first kappa shape index (κ1) is 14.3. The molecule has 3 nitrogen and oxygen atoms in total. The number of hydrogen-bond donors (Lipinski definition) is 0. The van der Waals surface area contributed by atoms with Gasteiger partial charge in [-0.2, -0.15) is 5.10 Å². The Labute approximate surface area is 125 Å². The maximum absolute atomic E-state index is 10.8. The second kappa shape index (κ2) is 6.39. The topological polar surface area (TPSA) is 34.9 Å². The molecule has 0 unspecified atom stereocenters. The van der Waals surface area contributed by atoms with Crippen molar-refractivity contribution in [2.24, 2.45) is 7.05 Å². The van der Waals surface area contributed by atoms with Gasteiger partial charge in [0.25, 0.3) is 0 Å². The minimum absolute atomic E-state index is 0.711. The number of aromatic nitrogens is 2. The van der Waals surface area contributed by atoms with E-state index in [1.54, 1.807) is 11.8 Å². The second-order valence-corrected chi connectivity index (χ2v) is 6.01. The summed E-state index contributed by atoms with van der Waals surface area (Å²) in [5, 5.41) is 4.47. The third-order valence-electron chi connectivity index (χ3n) is 2.87. The van der Waals surface area contributed by atoms with Crippen molar-refractivity contribution in [1.82, 2.24) is 9.78 Å². The summed E-state index contributed by atoms with van der Waals surface area (Å²) in [7, 11) is 1.96. The highest BCUT2D eigenvalue weighted by atomic mass is 79.9. The maximum Gasteiger partial charge on any atom is 0.150 e. The van der Waals surface area contributed by atoms with Crippen LogP contribution >= 0.6 is 27.7 Å². The molecule has 0 aliphatic heterocycles. The average molecular weight is 339 g/mol. The lowest BCUT2D eigenvalue weighted by molar-refractivity contribution is 0.112. The van der Waals surface area contributed by atoms with Crippen LogP contribution in [0.5, 0.6) is 0 Å². The normalized spacial score (nSPS) is 10.7. The largest absolute Gasteiger partial charge is 0.298 e. The molecule has 5 heteroatoms. The predicted molar refractivity (Wildman–Crippen MR) is 81.7 cm³/mol. The lowest BCUT2D eigenvalue weighted by atomic mass is 10.2. The van der Waals surface area contributed by atoms with Crippen LogP contribution in [0.2, 0.25) is 0 Å². The summed E-state index contributed by atoms with van der Waals surface area (Å²) in [5.74, 6) is 0.826. The molecule has 0 saturated carbocycles. The van der Waals surface area contributed by atoms with Crippen LogP contribution in [0, 0.1) is 0 Å². The van der Waals surface area contributed by atoms with Crippen molar-refractivity contribution in [3.8, 4) is 0 Å². The first-order chi connectivity index (χ1) is 9.15. The monoisotopic (exact) mass is 338 g/mol. The molecular weight excluding hydrogens is 324 g/mol. The molecule has 19 heavy (non-hydrogen) atoms. The Hall–Kier alpha value is -1.07. The van der Waals surface area contributed by atoms with Gasteiger partial charge in [-0.3, -0.25) is 9.48 Å². The van der Waals surface area contributed by atoms with Crippen LogP contribution in [0.25, 0.3) is 0 Å². The van der Waals surface area contributed by atoms with Crippen molar-refractivity contribution in [1.29, 1.82) is 0 Å². The molecular formula is C14H15BrN2OS. The van der Waals surface area contributed by atoms with Crippen LogP contribution in [-0.4, -0.2) is 16.1 Å². The number of nitrogens with zero attached hydrogens (tertiary/aromatic N) is 2. The Bertz CT molecular complexity index is 595. The molecule has 0 N–H and O–H groups in total. The first-order valence-corrected chi connectivity index (χ1v) is 7.81. The Kier molecular flexibility index (Phi) is 4.82. The van der Waals surface area contributed by atoms with E-state index in [9.17, 15) is 4.79 Å². The fraction of sp³-hybridized carbons (Fsp3) is 0.286. The number of aldehydes is 1. The van der Waals surface area contributed by atoms with Gasteiger partial charge in [0.05, 0.1) is 15.9 Å². The Balaban J connectivity index is 2.14. The van der Waals surface area contributed by atoms with E-state index in [4.69, 9.17) is 0 Å². The minimum atomic E-state index is 0.711. The van der Waals surface area contributed by atoms with Crippen LogP contribution in [0.15, 0.2) is 33.6 Å². The van der Waals surface area contributed by atoms with Crippen LogP contribution in [0.3, 0.4) is 0 Å². The van der Waals surface area contributed by atoms with E-state index in [2.05, 4.69) is 28.0 Å². The number of hydrogen-bond acceptors (Lipinski definition) is 3. The van der Waals surface area contributed by atoms with Gasteiger partial charge in [0.15, 0.2) is 0 Å². The van der Waals surface area contributed by atoms with Gasteiger partial charge in [0, 0.05) is 23.3 Å². The summed E-state index contributed by atoms with van der Waals surface area (Å²) < 4.78 is 3.01. The van der Waals surface area contributed by atoms with Gasteiger partial charge in [-0.1, -0.05) is 19.1 Å². The maximum atomic E-state index is 10.8. The van der Waals surface area contributed by atoms with Crippen molar-refractivity contribution < 1.29 is 4.79 Å². The highest BCUT2D eigenvalue weighted by Crippen LogP contribution is 2.29. The Morgan fingerprint density at radius 1 is 1.47 bits per heavy atom. The van der Waals surface area contributed by atoms with Crippen LogP contribution in [0.1, 0.15) is 28.7 Å². The van der Waals surface area contributed by atoms with Crippen molar-refractivity contribution in [3.05, 3.63) is 45.7 Å². The summed E-state index contributed by atoms with van der Waals surface area (Å²) in [5.41, 5.74) is 2.96. The highest BCUT2D eigenvalue weighted by Gasteiger charge is 2.12. The Morgan fingerprint density at radius 2 is 2.26 bits per heavy atom. The average Bonchev–Trinajstić information content (AvgIpc) is 2.71.